The zero-order valence-electron chi connectivity index (χ0n) is 13.4. The van der Waals surface area contributed by atoms with Crippen molar-refractivity contribution in [1.29, 1.82) is 0 Å². The third kappa shape index (κ3) is 5.88. The van der Waals surface area contributed by atoms with Gasteiger partial charge in [0, 0.05) is 13.0 Å². The highest BCUT2D eigenvalue weighted by Crippen LogP contribution is 2.19. The molecular weight excluding hydrogens is 260 g/mol. The summed E-state index contributed by atoms with van der Waals surface area (Å²) in [6.45, 7) is 5.16. The van der Waals surface area contributed by atoms with E-state index < -0.39 is 0 Å². The van der Waals surface area contributed by atoms with Gasteiger partial charge in [-0.2, -0.15) is 0 Å². The molecule has 3 heteroatoms. The highest BCUT2D eigenvalue weighted by Gasteiger charge is 2.19. The van der Waals surface area contributed by atoms with Gasteiger partial charge in [-0.15, -0.1) is 0 Å². The third-order valence-corrected chi connectivity index (χ3v) is 4.40. The third-order valence-electron chi connectivity index (χ3n) is 4.40. The first kappa shape index (κ1) is 16.0. The Morgan fingerprint density at radius 1 is 1.24 bits per heavy atom. The van der Waals surface area contributed by atoms with Gasteiger partial charge in [-0.1, -0.05) is 29.8 Å². The van der Waals surface area contributed by atoms with Crippen LogP contribution in [0.5, 0.6) is 0 Å². The van der Waals surface area contributed by atoms with Crippen molar-refractivity contribution in [2.75, 3.05) is 26.7 Å². The molecule has 1 amide bonds. The molecule has 0 spiro atoms. The van der Waals surface area contributed by atoms with Crippen LogP contribution in [0.2, 0.25) is 0 Å². The molecule has 0 radical (unpaired) electrons. The maximum absolute atomic E-state index is 11.9. The van der Waals surface area contributed by atoms with Gasteiger partial charge in [0.1, 0.15) is 0 Å². The van der Waals surface area contributed by atoms with Crippen LogP contribution in [0.3, 0.4) is 0 Å². The van der Waals surface area contributed by atoms with Crippen LogP contribution >= 0.6 is 0 Å². The van der Waals surface area contributed by atoms with Crippen molar-refractivity contribution in [3.05, 3.63) is 35.4 Å². The number of likely N-dealkylation sites (tertiary alicyclic amines) is 1. The van der Waals surface area contributed by atoms with Gasteiger partial charge in [0.05, 0.1) is 0 Å². The number of carbonyl (C=O) groups is 1. The first-order valence-corrected chi connectivity index (χ1v) is 8.14. The van der Waals surface area contributed by atoms with Gasteiger partial charge >= 0.3 is 0 Å². The average Bonchev–Trinajstić information content (AvgIpc) is 2.48. The highest BCUT2D eigenvalue weighted by atomic mass is 16.1. The summed E-state index contributed by atoms with van der Waals surface area (Å²) >= 11 is 0. The van der Waals surface area contributed by atoms with Gasteiger partial charge in [-0.05, 0) is 64.2 Å². The summed E-state index contributed by atoms with van der Waals surface area (Å²) < 4.78 is 0. The molecule has 1 aromatic carbocycles. The van der Waals surface area contributed by atoms with E-state index in [-0.39, 0.29) is 5.91 Å². The molecule has 2 rings (SSSR count). The van der Waals surface area contributed by atoms with Crippen molar-refractivity contribution >= 4 is 5.91 Å². The summed E-state index contributed by atoms with van der Waals surface area (Å²) in [5.74, 6) is 0.812. The normalized spacial score (nSPS) is 16.9. The van der Waals surface area contributed by atoms with E-state index in [1.165, 1.54) is 11.1 Å². The number of hydrogen-bond donors (Lipinski definition) is 1. The molecule has 0 aliphatic carbocycles. The molecule has 0 atom stereocenters. The molecule has 1 aliphatic rings. The van der Waals surface area contributed by atoms with Crippen LogP contribution in [0, 0.1) is 12.8 Å². The molecule has 1 aromatic rings. The van der Waals surface area contributed by atoms with Crippen molar-refractivity contribution < 1.29 is 4.79 Å². The molecule has 1 N–H and O–H groups in total. The van der Waals surface area contributed by atoms with Crippen LogP contribution in [-0.2, 0) is 11.2 Å². The summed E-state index contributed by atoms with van der Waals surface area (Å²) in [4.78, 5) is 14.3. The lowest BCUT2D eigenvalue weighted by Gasteiger charge is -2.28. The molecule has 1 saturated heterocycles. The second-order valence-electron chi connectivity index (χ2n) is 6.39. The molecule has 1 heterocycles. The fourth-order valence-electron chi connectivity index (χ4n) is 2.88. The summed E-state index contributed by atoms with van der Waals surface area (Å²) in [6.07, 6.45) is 5.08. The zero-order valence-corrected chi connectivity index (χ0v) is 13.4. The monoisotopic (exact) mass is 288 g/mol. The van der Waals surface area contributed by atoms with Crippen LogP contribution in [-0.4, -0.2) is 37.5 Å². The SMILES string of the molecule is Cc1ccc(CCCNC(=O)CC2CCN(C)CC2)cc1. The van der Waals surface area contributed by atoms with Gasteiger partial charge < -0.3 is 10.2 Å². The molecule has 21 heavy (non-hydrogen) atoms. The number of piperidine rings is 1. The highest BCUT2D eigenvalue weighted by molar-refractivity contribution is 5.76. The molecule has 0 saturated carbocycles. The quantitative estimate of drug-likeness (QED) is 0.816. The van der Waals surface area contributed by atoms with Crippen molar-refractivity contribution in [1.82, 2.24) is 10.2 Å². The van der Waals surface area contributed by atoms with E-state index in [0.717, 1.165) is 45.3 Å². The number of rotatable bonds is 6. The standard InChI is InChI=1S/C18H28N2O/c1-15-5-7-16(8-6-15)4-3-11-19-18(21)14-17-9-12-20(2)13-10-17/h5-8,17H,3-4,9-14H2,1-2H3,(H,19,21). The Bertz CT molecular complexity index is 433. The maximum atomic E-state index is 11.9. The fraction of sp³-hybridized carbons (Fsp3) is 0.611. The molecule has 116 valence electrons. The Morgan fingerprint density at radius 3 is 2.57 bits per heavy atom. The minimum atomic E-state index is 0.230. The number of amides is 1. The van der Waals surface area contributed by atoms with E-state index in [1.807, 2.05) is 0 Å². The topological polar surface area (TPSA) is 32.3 Å². The number of nitrogens with zero attached hydrogens (tertiary/aromatic N) is 1. The molecular formula is C18H28N2O. The predicted octanol–water partition coefficient (Wildman–Crippen LogP) is 2.78. The van der Waals surface area contributed by atoms with Crippen LogP contribution in [0.25, 0.3) is 0 Å². The lowest BCUT2D eigenvalue weighted by molar-refractivity contribution is -0.122. The van der Waals surface area contributed by atoms with Gasteiger partial charge in [-0.25, -0.2) is 0 Å². The molecule has 0 bridgehead atoms. The first-order valence-electron chi connectivity index (χ1n) is 8.14. The molecule has 3 nitrogen and oxygen atoms in total. The summed E-state index contributed by atoms with van der Waals surface area (Å²) in [6, 6.07) is 8.65. The minimum Gasteiger partial charge on any atom is -0.356 e. The summed E-state index contributed by atoms with van der Waals surface area (Å²) in [5, 5.41) is 3.07. The van der Waals surface area contributed by atoms with E-state index in [0.29, 0.717) is 12.3 Å². The van der Waals surface area contributed by atoms with Crippen molar-refractivity contribution in [2.45, 2.75) is 39.0 Å². The Labute approximate surface area is 128 Å². The van der Waals surface area contributed by atoms with Gasteiger partial charge in [-0.3, -0.25) is 4.79 Å². The van der Waals surface area contributed by atoms with Gasteiger partial charge in [0.15, 0.2) is 0 Å². The number of nitrogens with one attached hydrogen (secondary N) is 1. The van der Waals surface area contributed by atoms with E-state index >= 15 is 0 Å². The first-order chi connectivity index (χ1) is 10.1. The second-order valence-corrected chi connectivity index (χ2v) is 6.39. The zero-order chi connectivity index (χ0) is 15.1. The van der Waals surface area contributed by atoms with Crippen LogP contribution in [0.15, 0.2) is 24.3 Å². The van der Waals surface area contributed by atoms with Crippen molar-refractivity contribution in [3.8, 4) is 0 Å². The molecule has 0 unspecified atom stereocenters. The second kappa shape index (κ2) is 8.18. The predicted molar refractivity (Wildman–Crippen MR) is 87.3 cm³/mol. The minimum absolute atomic E-state index is 0.230. The van der Waals surface area contributed by atoms with Gasteiger partial charge in [0.2, 0.25) is 5.91 Å². The lowest BCUT2D eigenvalue weighted by atomic mass is 9.93. The maximum Gasteiger partial charge on any atom is 0.220 e. The van der Waals surface area contributed by atoms with Crippen LogP contribution in [0.4, 0.5) is 0 Å². The van der Waals surface area contributed by atoms with E-state index in [2.05, 4.69) is 48.5 Å². The smallest absolute Gasteiger partial charge is 0.220 e. The number of aryl methyl sites for hydroxylation is 2. The molecule has 0 aromatic heterocycles. The molecule has 1 aliphatic heterocycles. The van der Waals surface area contributed by atoms with Crippen molar-refractivity contribution in [3.63, 3.8) is 0 Å². The van der Waals surface area contributed by atoms with Crippen molar-refractivity contribution in [2.24, 2.45) is 5.92 Å². The Kier molecular flexibility index (Phi) is 6.24. The Morgan fingerprint density at radius 2 is 1.90 bits per heavy atom. The molecule has 1 fully saturated rings. The van der Waals surface area contributed by atoms with Crippen LogP contribution in [0.1, 0.15) is 36.8 Å². The number of hydrogen-bond acceptors (Lipinski definition) is 2. The Balaban J connectivity index is 1.58. The summed E-state index contributed by atoms with van der Waals surface area (Å²) in [7, 11) is 2.15. The van der Waals surface area contributed by atoms with E-state index in [4.69, 9.17) is 0 Å². The Hall–Kier alpha value is -1.35. The van der Waals surface area contributed by atoms with Crippen LogP contribution < -0.4 is 5.32 Å². The number of carbonyl (C=O) groups excluding carboxylic acids is 1. The lowest BCUT2D eigenvalue weighted by Crippen LogP contribution is -2.33. The van der Waals surface area contributed by atoms with E-state index in [9.17, 15) is 4.79 Å². The van der Waals surface area contributed by atoms with Gasteiger partial charge in [0.25, 0.3) is 0 Å². The fourth-order valence-corrected chi connectivity index (χ4v) is 2.88. The average molecular weight is 288 g/mol. The van der Waals surface area contributed by atoms with E-state index in [1.54, 1.807) is 0 Å². The summed E-state index contributed by atoms with van der Waals surface area (Å²) in [5.41, 5.74) is 2.65. The number of benzene rings is 1. The largest absolute Gasteiger partial charge is 0.356 e.